The molecule has 0 atom stereocenters. The van der Waals surface area contributed by atoms with Crippen molar-refractivity contribution in [1.82, 2.24) is 9.97 Å². The number of amidine groups is 1. The second kappa shape index (κ2) is 5.09. The summed E-state index contributed by atoms with van der Waals surface area (Å²) in [5.41, 5.74) is 5.18. The Morgan fingerprint density at radius 1 is 1.17 bits per heavy atom. The lowest BCUT2D eigenvalue weighted by Gasteiger charge is -2.06. The molecule has 2 aromatic rings. The molecule has 0 aliphatic carbocycles. The molecule has 0 bridgehead atoms. The van der Waals surface area contributed by atoms with Crippen LogP contribution in [0.2, 0.25) is 0 Å². The number of nitrogens with zero attached hydrogens (tertiary/aromatic N) is 2. The van der Waals surface area contributed by atoms with Crippen molar-refractivity contribution in [2.75, 3.05) is 0 Å². The van der Waals surface area contributed by atoms with Gasteiger partial charge < -0.3 is 5.73 Å². The van der Waals surface area contributed by atoms with Crippen LogP contribution in [0.15, 0.2) is 40.6 Å². The monoisotopic (exact) mass is 266 g/mol. The Morgan fingerprint density at radius 3 is 2.22 bits per heavy atom. The van der Waals surface area contributed by atoms with Gasteiger partial charge in [0, 0.05) is 18.0 Å². The summed E-state index contributed by atoms with van der Waals surface area (Å²) in [7, 11) is 0. The lowest BCUT2D eigenvalue weighted by molar-refractivity contribution is 0.539. The maximum atomic E-state index is 13.7. The van der Waals surface area contributed by atoms with E-state index >= 15 is 0 Å². The van der Waals surface area contributed by atoms with Crippen molar-refractivity contribution in [2.45, 2.75) is 10.1 Å². The molecule has 4 nitrogen and oxygen atoms in total. The third kappa shape index (κ3) is 2.62. The smallest absolute Gasteiger partial charge is 0.192 e. The molecule has 0 radical (unpaired) electrons. The van der Waals surface area contributed by atoms with Gasteiger partial charge in [-0.05, 0) is 30.0 Å². The molecule has 0 spiro atoms. The largest absolute Gasteiger partial charge is 0.384 e. The molecule has 0 unspecified atom stereocenters. The van der Waals surface area contributed by atoms with Gasteiger partial charge in [0.15, 0.2) is 5.16 Å². The average Bonchev–Trinajstić information content (AvgIpc) is 2.34. The summed E-state index contributed by atoms with van der Waals surface area (Å²) < 4.78 is 27.4. The van der Waals surface area contributed by atoms with Crippen molar-refractivity contribution in [3.8, 4) is 0 Å². The minimum Gasteiger partial charge on any atom is -0.384 e. The van der Waals surface area contributed by atoms with Gasteiger partial charge in [0.1, 0.15) is 17.5 Å². The summed E-state index contributed by atoms with van der Waals surface area (Å²) in [5.74, 6) is -1.98. The molecule has 0 fully saturated rings. The normalized spacial score (nSPS) is 10.3. The van der Waals surface area contributed by atoms with Crippen molar-refractivity contribution in [3.05, 3.63) is 47.8 Å². The highest BCUT2D eigenvalue weighted by atomic mass is 32.2. The number of aromatic nitrogens is 2. The molecule has 2 rings (SSSR count). The summed E-state index contributed by atoms with van der Waals surface area (Å²) in [6.07, 6.45) is 2.96. The molecule has 18 heavy (non-hydrogen) atoms. The van der Waals surface area contributed by atoms with Crippen LogP contribution >= 0.6 is 11.8 Å². The van der Waals surface area contributed by atoms with Gasteiger partial charge in [0.2, 0.25) is 0 Å². The maximum Gasteiger partial charge on any atom is 0.192 e. The van der Waals surface area contributed by atoms with Gasteiger partial charge in [-0.15, -0.1) is 0 Å². The van der Waals surface area contributed by atoms with Crippen LogP contribution < -0.4 is 5.73 Å². The van der Waals surface area contributed by atoms with E-state index in [1.165, 1.54) is 12.4 Å². The molecule has 7 heteroatoms. The average molecular weight is 266 g/mol. The number of nitrogen functional groups attached to an aromatic ring is 1. The van der Waals surface area contributed by atoms with Gasteiger partial charge in [0.05, 0.1) is 4.90 Å². The molecule has 0 saturated heterocycles. The molecule has 0 saturated carbocycles. The lowest BCUT2D eigenvalue weighted by atomic mass is 10.2. The van der Waals surface area contributed by atoms with E-state index in [9.17, 15) is 8.78 Å². The van der Waals surface area contributed by atoms with Crippen molar-refractivity contribution in [3.63, 3.8) is 0 Å². The van der Waals surface area contributed by atoms with Crippen LogP contribution in [0.25, 0.3) is 0 Å². The number of nitrogens with two attached hydrogens (primary N) is 1. The van der Waals surface area contributed by atoms with E-state index in [0.29, 0.717) is 0 Å². The predicted octanol–water partition coefficient (Wildman–Crippen LogP) is 2.19. The molecule has 1 heterocycles. The van der Waals surface area contributed by atoms with Crippen LogP contribution in [0.1, 0.15) is 5.56 Å². The van der Waals surface area contributed by atoms with Crippen LogP contribution in [0.5, 0.6) is 0 Å². The number of halogens is 2. The molecule has 92 valence electrons. The van der Waals surface area contributed by atoms with Gasteiger partial charge in [-0.2, -0.15) is 0 Å². The van der Waals surface area contributed by atoms with Crippen LogP contribution in [0, 0.1) is 17.0 Å². The zero-order valence-corrected chi connectivity index (χ0v) is 9.84. The van der Waals surface area contributed by atoms with E-state index in [2.05, 4.69) is 9.97 Å². The molecule has 1 aromatic carbocycles. The van der Waals surface area contributed by atoms with Gasteiger partial charge in [0.25, 0.3) is 0 Å². The van der Waals surface area contributed by atoms with E-state index in [1.807, 2.05) is 0 Å². The zero-order valence-electron chi connectivity index (χ0n) is 9.02. The fourth-order valence-electron chi connectivity index (χ4n) is 1.24. The zero-order chi connectivity index (χ0) is 13.1. The SMILES string of the molecule is N=C(N)c1cc(F)c(Sc2ncccn2)c(F)c1. The standard InChI is InChI=1S/C11H8F2N4S/c12-7-4-6(10(14)15)5-8(13)9(7)18-11-16-2-1-3-17-11/h1-5H,(H3,14,15). The summed E-state index contributed by atoms with van der Waals surface area (Å²) >= 11 is 0.778. The molecule has 0 aliphatic rings. The first-order chi connectivity index (χ1) is 8.58. The fraction of sp³-hybridized carbons (Fsp3) is 0. The second-order valence-corrected chi connectivity index (χ2v) is 4.29. The van der Waals surface area contributed by atoms with Crippen molar-refractivity contribution in [2.24, 2.45) is 5.73 Å². The first-order valence-corrected chi connectivity index (χ1v) is 5.68. The van der Waals surface area contributed by atoms with E-state index in [4.69, 9.17) is 11.1 Å². The van der Waals surface area contributed by atoms with Crippen molar-refractivity contribution in [1.29, 1.82) is 5.41 Å². The van der Waals surface area contributed by atoms with E-state index in [0.717, 1.165) is 23.9 Å². The highest BCUT2D eigenvalue weighted by Gasteiger charge is 2.14. The maximum absolute atomic E-state index is 13.7. The minimum absolute atomic E-state index is 0.00308. The van der Waals surface area contributed by atoms with Gasteiger partial charge in [-0.25, -0.2) is 18.7 Å². The van der Waals surface area contributed by atoms with Crippen LogP contribution in [0.3, 0.4) is 0 Å². The van der Waals surface area contributed by atoms with Gasteiger partial charge in [-0.1, -0.05) is 0 Å². The predicted molar refractivity (Wildman–Crippen MR) is 63.5 cm³/mol. The minimum atomic E-state index is -0.794. The Morgan fingerprint density at radius 2 is 1.72 bits per heavy atom. The highest BCUT2D eigenvalue weighted by molar-refractivity contribution is 7.99. The first kappa shape index (κ1) is 12.4. The number of hydrogen-bond acceptors (Lipinski definition) is 4. The van der Waals surface area contributed by atoms with Gasteiger partial charge >= 0.3 is 0 Å². The van der Waals surface area contributed by atoms with Crippen molar-refractivity contribution < 1.29 is 8.78 Å². The molecule has 0 amide bonds. The Labute approximate surface area is 106 Å². The van der Waals surface area contributed by atoms with E-state index in [-0.39, 0.29) is 21.5 Å². The van der Waals surface area contributed by atoms with Crippen molar-refractivity contribution >= 4 is 17.6 Å². The molecular weight excluding hydrogens is 258 g/mol. The third-order valence-corrected chi connectivity index (χ3v) is 3.03. The molecule has 1 aromatic heterocycles. The second-order valence-electron chi connectivity index (χ2n) is 3.32. The summed E-state index contributed by atoms with van der Waals surface area (Å²) in [5, 5.41) is 7.37. The quantitative estimate of drug-likeness (QED) is 0.507. The Kier molecular flexibility index (Phi) is 3.52. The molecule has 3 N–H and O–H groups in total. The Hall–Kier alpha value is -2.02. The summed E-state index contributed by atoms with van der Waals surface area (Å²) in [4.78, 5) is 7.51. The number of benzene rings is 1. The van der Waals surface area contributed by atoms with Crippen LogP contribution in [0.4, 0.5) is 8.78 Å². The highest BCUT2D eigenvalue weighted by Crippen LogP contribution is 2.30. The Balaban J connectivity index is 2.37. The van der Waals surface area contributed by atoms with E-state index in [1.54, 1.807) is 6.07 Å². The lowest BCUT2D eigenvalue weighted by Crippen LogP contribution is -2.12. The number of rotatable bonds is 3. The first-order valence-electron chi connectivity index (χ1n) is 4.86. The van der Waals surface area contributed by atoms with Crippen LogP contribution in [-0.4, -0.2) is 15.8 Å². The molecule has 0 aliphatic heterocycles. The summed E-state index contributed by atoms with van der Waals surface area (Å²) in [6, 6.07) is 3.63. The van der Waals surface area contributed by atoms with Gasteiger partial charge in [-0.3, -0.25) is 5.41 Å². The topological polar surface area (TPSA) is 75.7 Å². The number of nitrogens with one attached hydrogen (secondary N) is 1. The van der Waals surface area contributed by atoms with E-state index < -0.39 is 11.6 Å². The Bertz CT molecular complexity index is 566. The third-order valence-electron chi connectivity index (χ3n) is 2.04. The summed E-state index contributed by atoms with van der Waals surface area (Å²) in [6.45, 7) is 0. The van der Waals surface area contributed by atoms with Crippen LogP contribution in [-0.2, 0) is 0 Å². The molecular formula is C11H8F2N4S. The fourth-order valence-corrected chi connectivity index (χ4v) is 1.96. The number of hydrogen-bond donors (Lipinski definition) is 2.